The molecule has 3 aromatic heterocycles. The normalized spacial score (nSPS) is 17.6. The van der Waals surface area contributed by atoms with Crippen molar-refractivity contribution >= 4 is 6.08 Å². The van der Waals surface area contributed by atoms with Crippen molar-refractivity contribution < 1.29 is 14.6 Å². The molecule has 0 fully saturated rings. The minimum atomic E-state index is 0.0105. The van der Waals surface area contributed by atoms with Gasteiger partial charge in [0.1, 0.15) is 6.61 Å². The second-order valence-corrected chi connectivity index (χ2v) is 8.81. The molecule has 1 N–H and O–H groups in total. The van der Waals surface area contributed by atoms with Gasteiger partial charge < -0.3 is 14.6 Å². The summed E-state index contributed by atoms with van der Waals surface area (Å²) in [5.74, 6) is 1.33. The lowest BCUT2D eigenvalue weighted by Gasteiger charge is -2.28. The molecule has 0 aromatic carbocycles. The number of aliphatic hydroxyl groups is 1. The number of hydrogen-bond acceptors (Lipinski definition) is 7. The first-order valence-electron chi connectivity index (χ1n) is 12.3. The van der Waals surface area contributed by atoms with E-state index < -0.39 is 0 Å². The van der Waals surface area contributed by atoms with Gasteiger partial charge >= 0.3 is 0 Å². The summed E-state index contributed by atoms with van der Waals surface area (Å²) >= 11 is 0. The number of aromatic nitrogens is 5. The van der Waals surface area contributed by atoms with Gasteiger partial charge in [0.2, 0.25) is 11.8 Å². The quantitative estimate of drug-likeness (QED) is 0.600. The third kappa shape index (κ3) is 5.26. The molecule has 0 radical (unpaired) electrons. The SMILES string of the molecule is CCOc1nn(CCO)c2c1/C=C/Cc1ccnc(c1)-c1c(C)nn(C)c1OCC(C)N(CC)C2. The zero-order valence-electron chi connectivity index (χ0n) is 21.4. The first-order valence-corrected chi connectivity index (χ1v) is 12.3. The number of aliphatic hydroxyl groups excluding tert-OH is 1. The maximum absolute atomic E-state index is 9.67. The van der Waals surface area contributed by atoms with Crippen molar-refractivity contribution in [2.75, 3.05) is 26.4 Å². The smallest absolute Gasteiger partial charge is 0.240 e. The van der Waals surface area contributed by atoms with E-state index in [0.29, 0.717) is 32.2 Å². The number of fused-ring (bicyclic) bond motifs is 5. The van der Waals surface area contributed by atoms with Crippen LogP contribution in [0.25, 0.3) is 17.3 Å². The highest BCUT2D eigenvalue weighted by atomic mass is 16.5. The molecular formula is C26H36N6O3. The molecule has 0 amide bonds. The summed E-state index contributed by atoms with van der Waals surface area (Å²) in [7, 11) is 1.91. The topological polar surface area (TPSA) is 90.5 Å². The molecule has 4 rings (SSSR count). The van der Waals surface area contributed by atoms with Gasteiger partial charge in [0.05, 0.1) is 48.0 Å². The van der Waals surface area contributed by atoms with Gasteiger partial charge in [0, 0.05) is 25.8 Å². The minimum absolute atomic E-state index is 0.0105. The molecule has 9 heteroatoms. The zero-order chi connectivity index (χ0) is 24.9. The summed E-state index contributed by atoms with van der Waals surface area (Å²) in [5.41, 5.74) is 5.81. The predicted octanol–water partition coefficient (Wildman–Crippen LogP) is 3.24. The summed E-state index contributed by atoms with van der Waals surface area (Å²) in [6.45, 7) is 11.2. The van der Waals surface area contributed by atoms with Gasteiger partial charge in [0.15, 0.2) is 0 Å². The molecule has 3 aromatic rings. The molecular weight excluding hydrogens is 444 g/mol. The van der Waals surface area contributed by atoms with E-state index in [1.54, 1.807) is 4.68 Å². The number of nitrogens with zero attached hydrogens (tertiary/aromatic N) is 6. The molecule has 4 heterocycles. The lowest BCUT2D eigenvalue weighted by Crippen LogP contribution is -2.37. The van der Waals surface area contributed by atoms with Crippen LogP contribution in [0.1, 0.15) is 43.3 Å². The van der Waals surface area contributed by atoms with Crippen LogP contribution in [0, 0.1) is 6.92 Å². The van der Waals surface area contributed by atoms with E-state index in [0.717, 1.165) is 52.6 Å². The molecule has 1 aliphatic rings. The van der Waals surface area contributed by atoms with Crippen LogP contribution in [0.5, 0.6) is 11.8 Å². The number of likely N-dealkylation sites (N-methyl/N-ethyl adjacent to an activating group) is 1. The van der Waals surface area contributed by atoms with Crippen LogP contribution in [-0.4, -0.2) is 67.0 Å². The third-order valence-corrected chi connectivity index (χ3v) is 6.39. The summed E-state index contributed by atoms with van der Waals surface area (Å²) in [6.07, 6.45) is 6.80. The van der Waals surface area contributed by atoms with Crippen molar-refractivity contribution in [3.8, 4) is 23.0 Å². The Balaban J connectivity index is 1.82. The number of allylic oxidation sites excluding steroid dienone is 1. The molecule has 35 heavy (non-hydrogen) atoms. The van der Waals surface area contributed by atoms with Gasteiger partial charge in [0.25, 0.3) is 0 Å². The maximum Gasteiger partial charge on any atom is 0.240 e. The molecule has 1 atom stereocenters. The maximum atomic E-state index is 9.67. The third-order valence-electron chi connectivity index (χ3n) is 6.39. The molecule has 0 saturated heterocycles. The second kappa shape index (κ2) is 11.0. The van der Waals surface area contributed by atoms with Crippen LogP contribution in [0.15, 0.2) is 24.4 Å². The molecule has 1 aliphatic heterocycles. The number of pyridine rings is 1. The fourth-order valence-corrected chi connectivity index (χ4v) is 4.57. The van der Waals surface area contributed by atoms with Gasteiger partial charge in [-0.25, -0.2) is 4.68 Å². The highest BCUT2D eigenvalue weighted by molar-refractivity contribution is 5.68. The van der Waals surface area contributed by atoms with Crippen molar-refractivity contribution in [1.82, 2.24) is 29.4 Å². The fraction of sp³-hybridized carbons (Fsp3) is 0.500. The number of hydrogen-bond donors (Lipinski definition) is 1. The van der Waals surface area contributed by atoms with Crippen LogP contribution in [-0.2, 0) is 26.6 Å². The molecule has 0 aliphatic carbocycles. The summed E-state index contributed by atoms with van der Waals surface area (Å²) in [6, 6.07) is 4.25. The van der Waals surface area contributed by atoms with Crippen molar-refractivity contribution in [3.05, 3.63) is 46.9 Å². The Morgan fingerprint density at radius 1 is 1.26 bits per heavy atom. The first kappa shape index (κ1) is 24.9. The Labute approximate surface area is 207 Å². The molecule has 0 saturated carbocycles. The summed E-state index contributed by atoms with van der Waals surface area (Å²) in [4.78, 5) is 6.98. The van der Waals surface area contributed by atoms with Crippen molar-refractivity contribution in [2.24, 2.45) is 7.05 Å². The Bertz CT molecular complexity index is 1180. The average molecular weight is 481 g/mol. The molecule has 2 bridgehead atoms. The van der Waals surface area contributed by atoms with E-state index >= 15 is 0 Å². The summed E-state index contributed by atoms with van der Waals surface area (Å²) < 4.78 is 15.9. The van der Waals surface area contributed by atoms with E-state index in [-0.39, 0.29) is 12.6 Å². The van der Waals surface area contributed by atoms with Crippen LogP contribution in [0.2, 0.25) is 0 Å². The molecule has 9 nitrogen and oxygen atoms in total. The Kier molecular flexibility index (Phi) is 7.87. The van der Waals surface area contributed by atoms with Gasteiger partial charge in [-0.1, -0.05) is 19.1 Å². The molecule has 1 unspecified atom stereocenters. The lowest BCUT2D eigenvalue weighted by atomic mass is 10.1. The molecule has 188 valence electrons. The van der Waals surface area contributed by atoms with Crippen LogP contribution in [0.3, 0.4) is 0 Å². The standard InChI is InChI=1S/C26H36N6O3/c1-6-31-16-23-21(25(34-7-2)29-32(23)13-14-33)10-8-9-20-11-12-27-22(15-20)24-19(4)28-30(5)26(24)35-17-18(31)3/h8,10-12,15,18,33H,6-7,9,13-14,16-17H2,1-5H3/b10-8+. The van der Waals surface area contributed by atoms with Crippen molar-refractivity contribution in [1.29, 1.82) is 0 Å². The van der Waals surface area contributed by atoms with E-state index in [9.17, 15) is 5.11 Å². The largest absolute Gasteiger partial charge is 0.476 e. The van der Waals surface area contributed by atoms with E-state index in [1.165, 1.54) is 0 Å². The van der Waals surface area contributed by atoms with Gasteiger partial charge in [-0.3, -0.25) is 14.6 Å². The van der Waals surface area contributed by atoms with E-state index in [1.807, 2.05) is 37.8 Å². The van der Waals surface area contributed by atoms with Gasteiger partial charge in [-0.2, -0.15) is 5.10 Å². The monoisotopic (exact) mass is 480 g/mol. The predicted molar refractivity (Wildman–Crippen MR) is 135 cm³/mol. The number of aryl methyl sites for hydroxylation is 2. The zero-order valence-corrected chi connectivity index (χ0v) is 21.4. The van der Waals surface area contributed by atoms with E-state index in [2.05, 4.69) is 52.1 Å². The average Bonchev–Trinajstić information content (AvgIpc) is 3.30. The lowest BCUT2D eigenvalue weighted by molar-refractivity contribution is 0.136. The van der Waals surface area contributed by atoms with E-state index in [4.69, 9.17) is 9.47 Å². The van der Waals surface area contributed by atoms with Gasteiger partial charge in [-0.15, -0.1) is 5.10 Å². The minimum Gasteiger partial charge on any atom is -0.476 e. The highest BCUT2D eigenvalue weighted by Gasteiger charge is 2.24. The second-order valence-electron chi connectivity index (χ2n) is 8.81. The summed E-state index contributed by atoms with van der Waals surface area (Å²) in [5, 5.41) is 19.0. The van der Waals surface area contributed by atoms with Crippen LogP contribution >= 0.6 is 0 Å². The van der Waals surface area contributed by atoms with Crippen molar-refractivity contribution in [3.63, 3.8) is 0 Å². The number of ether oxygens (including phenoxy) is 2. The Morgan fingerprint density at radius 3 is 2.83 bits per heavy atom. The Morgan fingerprint density at radius 2 is 2.09 bits per heavy atom. The van der Waals surface area contributed by atoms with Crippen LogP contribution in [0.4, 0.5) is 0 Å². The number of rotatable bonds is 5. The first-order chi connectivity index (χ1) is 17.0. The van der Waals surface area contributed by atoms with Crippen LogP contribution < -0.4 is 9.47 Å². The van der Waals surface area contributed by atoms with Crippen molar-refractivity contribution in [2.45, 2.75) is 53.2 Å². The fourth-order valence-electron chi connectivity index (χ4n) is 4.57. The Hall–Kier alpha value is -3.17. The molecule has 0 spiro atoms. The van der Waals surface area contributed by atoms with Gasteiger partial charge in [-0.05, 0) is 51.4 Å². The highest BCUT2D eigenvalue weighted by Crippen LogP contribution is 2.33.